The maximum absolute atomic E-state index is 14.1. The van der Waals surface area contributed by atoms with Crippen LogP contribution in [0.25, 0.3) is 10.8 Å². The van der Waals surface area contributed by atoms with Crippen LogP contribution < -0.4 is 16.2 Å². The molecule has 2 atom stereocenters. The lowest BCUT2D eigenvalue weighted by atomic mass is 9.83. The monoisotopic (exact) mass is 713 g/mol. The lowest BCUT2D eigenvalue weighted by Gasteiger charge is -2.33. The van der Waals surface area contributed by atoms with Crippen LogP contribution in [0.4, 0.5) is 31.5 Å². The van der Waals surface area contributed by atoms with Crippen molar-refractivity contribution in [3.8, 4) is 0 Å². The van der Waals surface area contributed by atoms with Crippen LogP contribution in [-0.2, 0) is 14.1 Å². The molecule has 0 radical (unpaired) electrons. The summed E-state index contributed by atoms with van der Waals surface area (Å²) in [5.41, 5.74) is 6.10. The number of halogens is 2. The number of aromatic nitrogens is 7. The SMILES string of the molecule is Cc1ccccc1N=Nc1ccc(NC(=O)c2ccnn2C)c(C)c1.Cn1ncnc1C1c2n[nH]c(=O)c3cc(F)cc(c23)NC1c1ccc(F)cc1. The van der Waals surface area contributed by atoms with Crippen LogP contribution in [0.1, 0.15) is 50.7 Å². The molecule has 0 bridgehead atoms. The van der Waals surface area contributed by atoms with Gasteiger partial charge in [0.2, 0.25) is 0 Å². The first-order valence-corrected chi connectivity index (χ1v) is 16.5. The number of anilines is 2. The Kier molecular flexibility index (Phi) is 9.37. The Labute approximate surface area is 301 Å². The van der Waals surface area contributed by atoms with Crippen molar-refractivity contribution in [1.29, 1.82) is 0 Å². The molecule has 53 heavy (non-hydrogen) atoms. The predicted molar refractivity (Wildman–Crippen MR) is 196 cm³/mol. The number of carbonyl (C=O) groups excluding carboxylic acids is 1. The summed E-state index contributed by atoms with van der Waals surface area (Å²) in [5.74, 6) is -0.913. The Bertz CT molecular complexity index is 2560. The van der Waals surface area contributed by atoms with E-state index in [1.807, 2.05) is 56.3 Å². The molecule has 13 nitrogen and oxygen atoms in total. The molecule has 266 valence electrons. The zero-order chi connectivity index (χ0) is 37.2. The van der Waals surface area contributed by atoms with Gasteiger partial charge in [-0.2, -0.15) is 25.5 Å². The number of amides is 1. The van der Waals surface area contributed by atoms with Gasteiger partial charge in [0.15, 0.2) is 0 Å². The third kappa shape index (κ3) is 7.04. The summed E-state index contributed by atoms with van der Waals surface area (Å²) in [6, 6.07) is 23.2. The van der Waals surface area contributed by atoms with Crippen molar-refractivity contribution in [3.05, 3.63) is 153 Å². The summed E-state index contributed by atoms with van der Waals surface area (Å²) in [6.45, 7) is 3.92. The Morgan fingerprint density at radius 2 is 1.66 bits per heavy atom. The number of carbonyl (C=O) groups is 1. The van der Waals surface area contributed by atoms with Crippen LogP contribution in [0.3, 0.4) is 0 Å². The van der Waals surface area contributed by atoms with Gasteiger partial charge in [0.25, 0.3) is 11.5 Å². The second-order valence-electron chi connectivity index (χ2n) is 12.5. The number of hydrogen-bond donors (Lipinski definition) is 3. The second-order valence-corrected chi connectivity index (χ2v) is 12.5. The van der Waals surface area contributed by atoms with E-state index in [0.29, 0.717) is 28.3 Å². The Morgan fingerprint density at radius 1 is 0.868 bits per heavy atom. The molecule has 15 heteroatoms. The van der Waals surface area contributed by atoms with Gasteiger partial charge in [-0.25, -0.2) is 18.9 Å². The molecular weight excluding hydrogens is 680 g/mol. The molecule has 7 aromatic rings. The molecule has 3 aromatic heterocycles. The van der Waals surface area contributed by atoms with Crippen LogP contribution in [-0.4, -0.2) is 40.6 Å². The van der Waals surface area contributed by atoms with E-state index in [0.717, 1.165) is 33.8 Å². The number of aryl methyl sites for hydroxylation is 4. The Morgan fingerprint density at radius 3 is 2.36 bits per heavy atom. The van der Waals surface area contributed by atoms with Gasteiger partial charge in [-0.05, 0) is 85.1 Å². The first-order valence-electron chi connectivity index (χ1n) is 16.5. The summed E-state index contributed by atoms with van der Waals surface area (Å²) < 4.78 is 30.8. The van der Waals surface area contributed by atoms with Gasteiger partial charge in [0.05, 0.1) is 34.4 Å². The normalized spacial score (nSPS) is 14.8. The highest BCUT2D eigenvalue weighted by Gasteiger charge is 2.37. The Hall–Kier alpha value is -6.90. The van der Waals surface area contributed by atoms with Crippen molar-refractivity contribution in [2.45, 2.75) is 25.8 Å². The number of azo groups is 1. The van der Waals surface area contributed by atoms with Gasteiger partial charge in [0.1, 0.15) is 29.5 Å². The molecule has 0 spiro atoms. The molecule has 0 saturated heterocycles. The van der Waals surface area contributed by atoms with Crippen LogP contribution in [0.5, 0.6) is 0 Å². The molecule has 4 aromatic carbocycles. The molecule has 8 rings (SSSR count). The van der Waals surface area contributed by atoms with Crippen molar-refractivity contribution < 1.29 is 13.6 Å². The fourth-order valence-corrected chi connectivity index (χ4v) is 6.26. The number of nitrogens with one attached hydrogen (secondary N) is 3. The molecular formula is C38H33F2N11O2. The largest absolute Gasteiger partial charge is 0.376 e. The van der Waals surface area contributed by atoms with Crippen LogP contribution >= 0.6 is 0 Å². The van der Waals surface area contributed by atoms with E-state index >= 15 is 0 Å². The first kappa shape index (κ1) is 34.5. The third-order valence-corrected chi connectivity index (χ3v) is 8.97. The van der Waals surface area contributed by atoms with Crippen LogP contribution in [0.15, 0.2) is 112 Å². The second kappa shape index (κ2) is 14.4. The van der Waals surface area contributed by atoms with Gasteiger partial charge in [-0.3, -0.25) is 19.0 Å². The Balaban J connectivity index is 0.000000166. The van der Waals surface area contributed by atoms with Gasteiger partial charge >= 0.3 is 0 Å². The highest BCUT2D eigenvalue weighted by molar-refractivity contribution is 6.03. The summed E-state index contributed by atoms with van der Waals surface area (Å²) in [5, 5.41) is 30.4. The van der Waals surface area contributed by atoms with E-state index in [-0.39, 0.29) is 17.1 Å². The smallest absolute Gasteiger partial charge is 0.273 e. The number of aromatic amines is 1. The predicted octanol–water partition coefficient (Wildman–Crippen LogP) is 7.33. The van der Waals surface area contributed by atoms with Crippen LogP contribution in [0.2, 0.25) is 0 Å². The van der Waals surface area contributed by atoms with Crippen LogP contribution in [0, 0.1) is 25.5 Å². The van der Waals surface area contributed by atoms with Gasteiger partial charge in [-0.15, -0.1) is 0 Å². The standard InChI is InChI=1S/C19H14F2N6O.C19H19N5O/c1-27-18(22-8-23-27)15-16(9-2-4-10(20)5-3-9)24-13-7-11(21)6-12-14(13)17(15)25-26-19(12)28;1-13-6-4-5-7-17(13)23-22-15-8-9-16(14(2)12-15)21-19(25)18-10-11-20-24(18)3/h2-8,15-16,24H,1H3,(H,26,28);4-12H,1-3H3,(H,21,25). The molecule has 3 N–H and O–H groups in total. The maximum atomic E-state index is 14.1. The molecule has 0 fully saturated rings. The fraction of sp³-hybridized carbons (Fsp3) is 0.158. The minimum Gasteiger partial charge on any atom is -0.376 e. The molecule has 0 saturated carbocycles. The average Bonchev–Trinajstić information content (AvgIpc) is 3.78. The van der Waals surface area contributed by atoms with E-state index in [9.17, 15) is 18.4 Å². The van der Waals surface area contributed by atoms with E-state index in [2.05, 4.69) is 46.2 Å². The maximum Gasteiger partial charge on any atom is 0.273 e. The summed E-state index contributed by atoms with van der Waals surface area (Å²) in [4.78, 5) is 28.9. The van der Waals surface area contributed by atoms with Crippen molar-refractivity contribution in [2.24, 2.45) is 24.3 Å². The van der Waals surface area contributed by atoms with Gasteiger partial charge in [0, 0.05) is 37.1 Å². The van der Waals surface area contributed by atoms with Crippen molar-refractivity contribution >= 4 is 39.4 Å². The van der Waals surface area contributed by atoms with Crippen molar-refractivity contribution in [1.82, 2.24) is 34.7 Å². The lowest BCUT2D eigenvalue weighted by Crippen LogP contribution is -2.30. The van der Waals surface area contributed by atoms with Gasteiger partial charge < -0.3 is 10.6 Å². The minimum atomic E-state index is -0.535. The number of benzene rings is 4. The van der Waals surface area contributed by atoms with Crippen molar-refractivity contribution in [2.75, 3.05) is 10.6 Å². The molecule has 2 unspecified atom stereocenters. The molecule has 1 amide bonds. The van der Waals surface area contributed by atoms with Gasteiger partial charge in [-0.1, -0.05) is 30.3 Å². The minimum absolute atomic E-state index is 0.197. The quantitative estimate of drug-likeness (QED) is 0.152. The summed E-state index contributed by atoms with van der Waals surface area (Å²) >= 11 is 0. The van der Waals surface area contributed by atoms with E-state index in [1.54, 1.807) is 43.2 Å². The summed E-state index contributed by atoms with van der Waals surface area (Å²) in [7, 11) is 3.49. The zero-order valence-corrected chi connectivity index (χ0v) is 29.0. The molecule has 1 aliphatic heterocycles. The van der Waals surface area contributed by atoms with E-state index in [1.165, 1.54) is 35.3 Å². The molecule has 0 aliphatic carbocycles. The van der Waals surface area contributed by atoms with E-state index < -0.39 is 23.3 Å². The molecule has 4 heterocycles. The number of hydrogen-bond acceptors (Lipinski definition) is 9. The highest BCUT2D eigenvalue weighted by atomic mass is 19.1. The first-order chi connectivity index (χ1) is 25.6. The topological polar surface area (TPSA) is 160 Å². The van der Waals surface area contributed by atoms with Crippen molar-refractivity contribution in [3.63, 3.8) is 0 Å². The number of rotatable bonds is 6. The highest BCUT2D eigenvalue weighted by Crippen LogP contribution is 2.45. The molecule has 1 aliphatic rings. The number of nitrogens with zero attached hydrogens (tertiary/aromatic N) is 8. The third-order valence-electron chi connectivity index (χ3n) is 8.97. The van der Waals surface area contributed by atoms with E-state index in [4.69, 9.17) is 0 Å². The number of H-pyrrole nitrogens is 1. The fourth-order valence-electron chi connectivity index (χ4n) is 6.26. The lowest BCUT2D eigenvalue weighted by molar-refractivity contribution is 0.101. The zero-order valence-electron chi connectivity index (χ0n) is 29.0. The summed E-state index contributed by atoms with van der Waals surface area (Å²) in [6.07, 6.45) is 3.02. The average molecular weight is 714 g/mol.